The molecule has 1 aliphatic rings. The van der Waals surface area contributed by atoms with Gasteiger partial charge in [-0.05, 0) is 35.5 Å². The van der Waals surface area contributed by atoms with Crippen LogP contribution in [0.2, 0.25) is 0 Å². The predicted octanol–water partition coefficient (Wildman–Crippen LogP) is 1.82. The Hall–Kier alpha value is -2.28. The summed E-state index contributed by atoms with van der Waals surface area (Å²) < 4.78 is 5.06. The van der Waals surface area contributed by atoms with Gasteiger partial charge < -0.3 is 9.84 Å². The Balaban J connectivity index is 2.25. The number of carboxylic acids is 1. The summed E-state index contributed by atoms with van der Waals surface area (Å²) in [4.78, 5) is 35.0. The topological polar surface area (TPSA) is 83.9 Å². The number of aliphatic carboxylic acids is 1. The van der Waals surface area contributed by atoms with Crippen molar-refractivity contribution in [1.29, 1.82) is 0 Å². The molecule has 1 aromatic rings. The summed E-state index contributed by atoms with van der Waals surface area (Å²) >= 11 is 0.726. The summed E-state index contributed by atoms with van der Waals surface area (Å²) in [5.41, 5.74) is 0.699. The maximum atomic E-state index is 11.9. The fourth-order valence-electron chi connectivity index (χ4n) is 1.65. The van der Waals surface area contributed by atoms with Crippen LogP contribution in [0.15, 0.2) is 29.2 Å². The minimum atomic E-state index is -1.23. The molecule has 104 valence electrons. The van der Waals surface area contributed by atoms with E-state index in [9.17, 15) is 14.4 Å². The lowest BCUT2D eigenvalue weighted by molar-refractivity contribution is -0.140. The lowest BCUT2D eigenvalue weighted by atomic mass is 10.2. The first-order valence-corrected chi connectivity index (χ1v) is 6.44. The second kappa shape index (κ2) is 5.79. The molecule has 0 aromatic heterocycles. The van der Waals surface area contributed by atoms with E-state index in [0.717, 1.165) is 11.8 Å². The number of thioether (sulfide) groups is 1. The van der Waals surface area contributed by atoms with Crippen LogP contribution in [0.5, 0.6) is 5.75 Å². The predicted molar refractivity (Wildman–Crippen MR) is 73.3 cm³/mol. The zero-order valence-corrected chi connectivity index (χ0v) is 11.3. The summed E-state index contributed by atoms with van der Waals surface area (Å²) in [6.07, 6.45) is 1.54. The molecular formula is C13H11NO5S. The number of amides is 2. The van der Waals surface area contributed by atoms with Gasteiger partial charge in [-0.25, -0.2) is 0 Å². The van der Waals surface area contributed by atoms with E-state index in [1.54, 1.807) is 24.3 Å². The van der Waals surface area contributed by atoms with E-state index in [4.69, 9.17) is 9.84 Å². The van der Waals surface area contributed by atoms with Gasteiger partial charge in [-0.15, -0.1) is 0 Å². The van der Waals surface area contributed by atoms with Crippen molar-refractivity contribution in [2.24, 2.45) is 0 Å². The molecule has 1 N–H and O–H groups in total. The van der Waals surface area contributed by atoms with E-state index >= 15 is 0 Å². The highest BCUT2D eigenvalue weighted by atomic mass is 32.2. The molecular weight excluding hydrogens is 282 g/mol. The highest BCUT2D eigenvalue weighted by Gasteiger charge is 2.36. The summed E-state index contributed by atoms with van der Waals surface area (Å²) in [5, 5.41) is 8.09. The highest BCUT2D eigenvalue weighted by Crippen LogP contribution is 2.32. The molecule has 1 fully saturated rings. The van der Waals surface area contributed by atoms with Gasteiger partial charge in [0.25, 0.3) is 11.1 Å². The lowest BCUT2D eigenvalue weighted by Crippen LogP contribution is -2.33. The van der Waals surface area contributed by atoms with Crippen molar-refractivity contribution in [3.05, 3.63) is 34.7 Å². The number of carboxylic acid groups (broad SMARTS) is 1. The molecule has 1 heterocycles. The number of benzene rings is 1. The van der Waals surface area contributed by atoms with Crippen LogP contribution >= 0.6 is 11.8 Å². The van der Waals surface area contributed by atoms with Gasteiger partial charge in [0.2, 0.25) is 0 Å². The largest absolute Gasteiger partial charge is 0.497 e. The number of carbonyl (C=O) groups excluding carboxylic acids is 2. The van der Waals surface area contributed by atoms with Crippen LogP contribution in [0, 0.1) is 0 Å². The van der Waals surface area contributed by atoms with Gasteiger partial charge in [0, 0.05) is 0 Å². The van der Waals surface area contributed by atoms with Crippen molar-refractivity contribution in [2.75, 3.05) is 13.7 Å². The van der Waals surface area contributed by atoms with Crippen molar-refractivity contribution >= 4 is 35.0 Å². The van der Waals surface area contributed by atoms with Crippen LogP contribution in [0.4, 0.5) is 4.79 Å². The standard InChI is InChI=1S/C13H11NO5S/c1-19-9-4-2-3-8(5-9)6-10-12(17)14(7-11(15)16)13(18)20-10/h2-6H,7H2,1H3,(H,15,16)/b10-6-. The smallest absolute Gasteiger partial charge is 0.323 e. The van der Waals surface area contributed by atoms with E-state index in [2.05, 4.69) is 0 Å². The molecule has 2 amide bonds. The van der Waals surface area contributed by atoms with Gasteiger partial charge in [-0.1, -0.05) is 12.1 Å². The van der Waals surface area contributed by atoms with Crippen molar-refractivity contribution in [3.63, 3.8) is 0 Å². The number of nitrogens with zero attached hydrogens (tertiary/aromatic N) is 1. The summed E-state index contributed by atoms with van der Waals surface area (Å²) in [6.45, 7) is -0.625. The highest BCUT2D eigenvalue weighted by molar-refractivity contribution is 8.18. The average Bonchev–Trinajstić information content (AvgIpc) is 2.66. The van der Waals surface area contributed by atoms with Crippen LogP contribution in [0.25, 0.3) is 6.08 Å². The van der Waals surface area contributed by atoms with Gasteiger partial charge in [0.15, 0.2) is 0 Å². The Morgan fingerprint density at radius 2 is 2.20 bits per heavy atom. The molecule has 0 unspecified atom stereocenters. The number of ether oxygens (including phenoxy) is 1. The average molecular weight is 293 g/mol. The second-order valence-electron chi connectivity index (χ2n) is 3.94. The maximum Gasteiger partial charge on any atom is 0.323 e. The Kier molecular flexibility index (Phi) is 4.09. The number of carbonyl (C=O) groups is 3. The number of rotatable bonds is 4. The normalized spacial score (nSPS) is 16.9. The third-order valence-electron chi connectivity index (χ3n) is 2.56. The van der Waals surface area contributed by atoms with E-state index in [-0.39, 0.29) is 4.91 Å². The lowest BCUT2D eigenvalue weighted by Gasteiger charge is -2.07. The fraction of sp³-hybridized carbons (Fsp3) is 0.154. The summed E-state index contributed by atoms with van der Waals surface area (Å²) in [6, 6.07) is 6.98. The van der Waals surface area contributed by atoms with Gasteiger partial charge in [0.05, 0.1) is 12.0 Å². The van der Waals surface area contributed by atoms with Crippen LogP contribution < -0.4 is 4.74 Å². The molecule has 6 nitrogen and oxygen atoms in total. The van der Waals surface area contributed by atoms with Gasteiger partial charge >= 0.3 is 5.97 Å². The number of hydrogen-bond donors (Lipinski definition) is 1. The molecule has 0 spiro atoms. The first kappa shape index (κ1) is 14.1. The minimum absolute atomic E-state index is 0.199. The fourth-order valence-corrected chi connectivity index (χ4v) is 2.49. The monoisotopic (exact) mass is 293 g/mol. The maximum absolute atomic E-state index is 11.9. The van der Waals surface area contributed by atoms with Gasteiger partial charge in [0.1, 0.15) is 12.3 Å². The molecule has 1 saturated heterocycles. The Bertz CT molecular complexity index is 611. The Labute approximate surface area is 119 Å². The second-order valence-corrected chi connectivity index (χ2v) is 4.93. The number of methoxy groups -OCH3 is 1. The van der Waals surface area contributed by atoms with Crippen LogP contribution in [-0.4, -0.2) is 40.8 Å². The van der Waals surface area contributed by atoms with Crippen molar-refractivity contribution < 1.29 is 24.2 Å². The number of imide groups is 1. The zero-order chi connectivity index (χ0) is 14.7. The third-order valence-corrected chi connectivity index (χ3v) is 3.47. The molecule has 1 aliphatic heterocycles. The molecule has 2 rings (SSSR count). The van der Waals surface area contributed by atoms with Crippen molar-refractivity contribution in [1.82, 2.24) is 4.90 Å². The molecule has 0 bridgehead atoms. The third kappa shape index (κ3) is 3.00. The van der Waals surface area contributed by atoms with E-state index in [0.29, 0.717) is 16.2 Å². The molecule has 1 aromatic carbocycles. The first-order valence-electron chi connectivity index (χ1n) is 5.62. The van der Waals surface area contributed by atoms with E-state index in [1.165, 1.54) is 13.2 Å². The van der Waals surface area contributed by atoms with E-state index in [1.807, 2.05) is 0 Å². The van der Waals surface area contributed by atoms with Crippen LogP contribution in [-0.2, 0) is 9.59 Å². The molecule has 0 saturated carbocycles. The van der Waals surface area contributed by atoms with Crippen LogP contribution in [0.1, 0.15) is 5.56 Å². The summed E-state index contributed by atoms with van der Waals surface area (Å²) in [5.74, 6) is -1.19. The Morgan fingerprint density at radius 3 is 2.85 bits per heavy atom. The molecule has 20 heavy (non-hydrogen) atoms. The Morgan fingerprint density at radius 1 is 1.45 bits per heavy atom. The minimum Gasteiger partial charge on any atom is -0.497 e. The van der Waals surface area contributed by atoms with Crippen molar-refractivity contribution in [3.8, 4) is 5.75 Å². The molecule has 0 atom stereocenters. The van der Waals surface area contributed by atoms with Crippen LogP contribution in [0.3, 0.4) is 0 Å². The van der Waals surface area contributed by atoms with Gasteiger partial charge in [-0.2, -0.15) is 0 Å². The SMILES string of the molecule is COc1cccc(/C=C2\SC(=O)N(CC(=O)O)C2=O)c1. The quantitative estimate of drug-likeness (QED) is 0.852. The van der Waals surface area contributed by atoms with Crippen molar-refractivity contribution in [2.45, 2.75) is 0 Å². The molecule has 7 heteroatoms. The number of hydrogen-bond acceptors (Lipinski definition) is 5. The molecule has 0 radical (unpaired) electrons. The first-order chi connectivity index (χ1) is 9.51. The van der Waals surface area contributed by atoms with E-state index < -0.39 is 23.7 Å². The zero-order valence-electron chi connectivity index (χ0n) is 10.5. The van der Waals surface area contributed by atoms with Gasteiger partial charge in [-0.3, -0.25) is 19.3 Å². The molecule has 0 aliphatic carbocycles. The summed E-state index contributed by atoms with van der Waals surface area (Å²) in [7, 11) is 1.53.